The summed E-state index contributed by atoms with van der Waals surface area (Å²) >= 11 is 6.05. The number of nitrogens with two attached hydrogens (primary N) is 1. The lowest BCUT2D eigenvalue weighted by Crippen LogP contribution is -1.97. The Bertz CT molecular complexity index is 636. The van der Waals surface area contributed by atoms with Gasteiger partial charge in [-0.1, -0.05) is 17.7 Å². The van der Waals surface area contributed by atoms with Gasteiger partial charge in [-0.25, -0.2) is 0 Å². The van der Waals surface area contributed by atoms with Crippen LogP contribution in [-0.2, 0) is 7.05 Å². The molecule has 0 atom stereocenters. The highest BCUT2D eigenvalue weighted by molar-refractivity contribution is 6.33. The van der Waals surface area contributed by atoms with E-state index in [1.54, 1.807) is 20.0 Å². The van der Waals surface area contributed by atoms with Gasteiger partial charge in [0, 0.05) is 18.7 Å². The molecule has 94 valence electrons. The number of rotatable bonds is 2. The van der Waals surface area contributed by atoms with E-state index in [2.05, 4.69) is 5.10 Å². The van der Waals surface area contributed by atoms with Crippen molar-refractivity contribution in [1.29, 1.82) is 0 Å². The van der Waals surface area contributed by atoms with Crippen molar-refractivity contribution in [3.05, 3.63) is 38.9 Å². The van der Waals surface area contributed by atoms with Crippen molar-refractivity contribution < 1.29 is 4.92 Å². The zero-order chi connectivity index (χ0) is 13.4. The van der Waals surface area contributed by atoms with Crippen molar-refractivity contribution in [2.45, 2.75) is 6.92 Å². The van der Waals surface area contributed by atoms with Crippen LogP contribution >= 0.6 is 11.6 Å². The first-order chi connectivity index (χ1) is 8.43. The van der Waals surface area contributed by atoms with Gasteiger partial charge in [0.2, 0.25) is 0 Å². The Labute approximate surface area is 108 Å². The minimum atomic E-state index is -0.481. The number of aryl methyl sites for hydroxylation is 1. The lowest BCUT2D eigenvalue weighted by atomic mass is 10.1. The summed E-state index contributed by atoms with van der Waals surface area (Å²) in [6.07, 6.45) is 0. The van der Waals surface area contributed by atoms with Gasteiger partial charge in [0.25, 0.3) is 5.69 Å². The van der Waals surface area contributed by atoms with Crippen LogP contribution in [0.4, 0.5) is 11.5 Å². The predicted molar refractivity (Wildman–Crippen MR) is 69.5 cm³/mol. The summed E-state index contributed by atoms with van der Waals surface area (Å²) in [5, 5.41) is 15.5. The molecule has 0 saturated carbocycles. The molecule has 0 spiro atoms. The lowest BCUT2D eigenvalue weighted by molar-refractivity contribution is -0.384. The summed E-state index contributed by atoms with van der Waals surface area (Å²) in [6.45, 7) is 1.75. The van der Waals surface area contributed by atoms with Crippen molar-refractivity contribution in [3.63, 3.8) is 0 Å². The van der Waals surface area contributed by atoms with Crippen LogP contribution in [-0.4, -0.2) is 14.7 Å². The predicted octanol–water partition coefficient (Wildman–Crippen LogP) is 2.54. The Hall–Kier alpha value is -2.08. The van der Waals surface area contributed by atoms with Gasteiger partial charge >= 0.3 is 0 Å². The summed E-state index contributed by atoms with van der Waals surface area (Å²) in [5.74, 6) is 0.458. The van der Waals surface area contributed by atoms with E-state index in [0.29, 0.717) is 22.6 Å². The number of hydrogen-bond donors (Lipinski definition) is 1. The molecule has 0 bridgehead atoms. The van der Waals surface area contributed by atoms with Crippen LogP contribution in [0.1, 0.15) is 5.56 Å². The fourth-order valence-electron chi connectivity index (χ4n) is 1.78. The van der Waals surface area contributed by atoms with Crippen molar-refractivity contribution in [2.75, 3.05) is 5.73 Å². The van der Waals surface area contributed by atoms with E-state index in [1.807, 2.05) is 0 Å². The summed E-state index contributed by atoms with van der Waals surface area (Å²) in [6, 6.07) is 4.52. The zero-order valence-corrected chi connectivity index (χ0v) is 10.6. The van der Waals surface area contributed by atoms with Gasteiger partial charge in [0.1, 0.15) is 11.5 Å². The third kappa shape index (κ3) is 1.80. The SMILES string of the molecule is Cc1c(-c2c(Cl)cccc2[N+](=O)[O-])nn(C)c1N. The van der Waals surface area contributed by atoms with E-state index < -0.39 is 4.92 Å². The van der Waals surface area contributed by atoms with E-state index in [9.17, 15) is 10.1 Å². The van der Waals surface area contributed by atoms with Crippen LogP contribution in [0.25, 0.3) is 11.3 Å². The maximum atomic E-state index is 11.0. The molecule has 2 rings (SSSR count). The number of nitrogen functional groups attached to an aromatic ring is 1. The third-order valence-corrected chi connectivity index (χ3v) is 3.08. The molecule has 2 N–H and O–H groups in total. The number of nitro groups is 1. The standard InChI is InChI=1S/C11H11ClN4O2/c1-6-10(14-15(2)11(6)13)9-7(12)4-3-5-8(9)16(17)18/h3-5H,13H2,1-2H3. The molecule has 1 aromatic heterocycles. The van der Waals surface area contributed by atoms with Crippen molar-refractivity contribution in [3.8, 4) is 11.3 Å². The largest absolute Gasteiger partial charge is 0.384 e. The Balaban J connectivity index is 2.78. The van der Waals surface area contributed by atoms with Gasteiger partial charge in [-0.2, -0.15) is 5.10 Å². The van der Waals surface area contributed by atoms with Crippen LogP contribution in [0.15, 0.2) is 18.2 Å². The number of aromatic nitrogens is 2. The van der Waals surface area contributed by atoms with Crippen LogP contribution in [0, 0.1) is 17.0 Å². The quantitative estimate of drug-likeness (QED) is 0.668. The van der Waals surface area contributed by atoms with Gasteiger partial charge in [-0.15, -0.1) is 0 Å². The molecule has 0 aliphatic carbocycles. The number of anilines is 1. The van der Waals surface area contributed by atoms with Gasteiger partial charge in [-0.05, 0) is 13.0 Å². The Morgan fingerprint density at radius 3 is 2.67 bits per heavy atom. The van der Waals surface area contributed by atoms with Crippen LogP contribution in [0.3, 0.4) is 0 Å². The highest BCUT2D eigenvalue weighted by Crippen LogP contribution is 2.38. The molecule has 1 aromatic carbocycles. The van der Waals surface area contributed by atoms with Gasteiger partial charge in [-0.3, -0.25) is 14.8 Å². The molecule has 0 aliphatic heterocycles. The monoisotopic (exact) mass is 266 g/mol. The molecule has 0 fully saturated rings. The Kier molecular flexibility index (Phi) is 2.96. The molecule has 0 amide bonds. The molecular weight excluding hydrogens is 256 g/mol. The number of benzene rings is 1. The summed E-state index contributed by atoms with van der Waals surface area (Å²) < 4.78 is 1.47. The first kappa shape index (κ1) is 12.4. The highest BCUT2D eigenvalue weighted by Gasteiger charge is 2.23. The van der Waals surface area contributed by atoms with Crippen molar-refractivity contribution >= 4 is 23.1 Å². The van der Waals surface area contributed by atoms with Gasteiger partial charge in [0.15, 0.2) is 0 Å². The van der Waals surface area contributed by atoms with Gasteiger partial charge in [0.05, 0.1) is 15.5 Å². The zero-order valence-electron chi connectivity index (χ0n) is 9.85. The van der Waals surface area contributed by atoms with E-state index in [-0.39, 0.29) is 10.7 Å². The number of halogens is 1. The number of nitro benzene ring substituents is 1. The average Bonchev–Trinajstić information content (AvgIpc) is 2.56. The van der Waals surface area contributed by atoms with Crippen molar-refractivity contribution in [1.82, 2.24) is 9.78 Å². The highest BCUT2D eigenvalue weighted by atomic mass is 35.5. The third-order valence-electron chi connectivity index (χ3n) is 2.76. The number of nitrogens with zero attached hydrogens (tertiary/aromatic N) is 3. The molecule has 0 radical (unpaired) electrons. The molecular formula is C11H11ClN4O2. The van der Waals surface area contributed by atoms with E-state index in [4.69, 9.17) is 17.3 Å². The minimum absolute atomic E-state index is 0.0799. The number of hydrogen-bond acceptors (Lipinski definition) is 4. The topological polar surface area (TPSA) is 87.0 Å². The van der Waals surface area contributed by atoms with Crippen LogP contribution < -0.4 is 5.73 Å². The Morgan fingerprint density at radius 2 is 2.17 bits per heavy atom. The maximum absolute atomic E-state index is 11.0. The molecule has 0 unspecified atom stereocenters. The second-order valence-corrected chi connectivity index (χ2v) is 4.28. The molecule has 6 nitrogen and oxygen atoms in total. The Morgan fingerprint density at radius 1 is 1.50 bits per heavy atom. The molecule has 18 heavy (non-hydrogen) atoms. The minimum Gasteiger partial charge on any atom is -0.384 e. The fraction of sp³-hybridized carbons (Fsp3) is 0.182. The molecule has 0 aliphatic rings. The normalized spacial score (nSPS) is 10.6. The summed E-state index contributed by atoms with van der Waals surface area (Å²) in [7, 11) is 1.68. The molecule has 1 heterocycles. The van der Waals surface area contributed by atoms with Gasteiger partial charge < -0.3 is 5.73 Å². The molecule has 2 aromatic rings. The van der Waals surface area contributed by atoms with E-state index in [0.717, 1.165) is 0 Å². The van der Waals surface area contributed by atoms with Crippen LogP contribution in [0.5, 0.6) is 0 Å². The smallest absolute Gasteiger partial charge is 0.280 e. The first-order valence-corrected chi connectivity index (χ1v) is 5.53. The summed E-state index contributed by atoms with van der Waals surface area (Å²) in [4.78, 5) is 10.6. The fourth-order valence-corrected chi connectivity index (χ4v) is 2.04. The van der Waals surface area contributed by atoms with Crippen molar-refractivity contribution in [2.24, 2.45) is 7.05 Å². The second-order valence-electron chi connectivity index (χ2n) is 3.87. The molecule has 7 heteroatoms. The molecule has 0 saturated heterocycles. The average molecular weight is 267 g/mol. The van der Waals surface area contributed by atoms with E-state index >= 15 is 0 Å². The van der Waals surface area contributed by atoms with E-state index in [1.165, 1.54) is 16.8 Å². The lowest BCUT2D eigenvalue weighted by Gasteiger charge is -2.03. The summed E-state index contributed by atoms with van der Waals surface area (Å²) in [5.41, 5.74) is 7.14. The maximum Gasteiger partial charge on any atom is 0.280 e. The second kappa shape index (κ2) is 4.30. The first-order valence-electron chi connectivity index (χ1n) is 5.15. The van der Waals surface area contributed by atoms with Crippen LogP contribution in [0.2, 0.25) is 5.02 Å².